The van der Waals surface area contributed by atoms with E-state index in [0.717, 1.165) is 69.4 Å². The Balaban J connectivity index is 0.00000274. The summed E-state index contributed by atoms with van der Waals surface area (Å²) in [4.78, 5) is 20.1. The topological polar surface area (TPSA) is 80.3 Å². The Hall–Kier alpha value is -2.36. The van der Waals surface area contributed by atoms with E-state index in [2.05, 4.69) is 25.0 Å². The summed E-state index contributed by atoms with van der Waals surface area (Å²) in [6.07, 6.45) is 4.07. The summed E-state index contributed by atoms with van der Waals surface area (Å²) in [6.45, 7) is 9.71. The molecule has 8 nitrogen and oxygen atoms in total. The van der Waals surface area contributed by atoms with Gasteiger partial charge in [-0.25, -0.2) is 4.39 Å². The van der Waals surface area contributed by atoms with Crippen LogP contribution in [0.3, 0.4) is 0 Å². The number of likely N-dealkylation sites (tertiary alicyclic amines) is 2. The van der Waals surface area contributed by atoms with Gasteiger partial charge in [-0.05, 0) is 62.0 Å². The number of carbonyl (C=O) groups is 1. The number of carbonyl (C=O) groups excluding carboxylic acids is 1. The van der Waals surface area contributed by atoms with Gasteiger partial charge in [0.2, 0.25) is 5.89 Å². The number of halogens is 2. The Morgan fingerprint density at radius 1 is 1.18 bits per heavy atom. The highest BCUT2D eigenvalue weighted by Gasteiger charge is 2.29. The predicted octanol–water partition coefficient (Wildman–Crippen LogP) is 3.79. The molecule has 0 unspecified atom stereocenters. The van der Waals surface area contributed by atoms with Gasteiger partial charge in [-0.2, -0.15) is 14.8 Å². The lowest BCUT2D eigenvalue weighted by atomic mass is 9.95. The molecule has 2 aliphatic rings. The normalized spacial score (nSPS) is 20.3. The van der Waals surface area contributed by atoms with E-state index in [-0.39, 0.29) is 36.0 Å². The molecule has 5 rings (SSSR count). The SMILES string of the molecule is CC(C)c1nn(-c2noc(C3CCN(C[C@H]4CCN(CC=O)C4)CC3)n2)c2c(F)cccc12.Cl. The minimum atomic E-state index is -0.342. The zero-order valence-electron chi connectivity index (χ0n) is 19.7. The number of para-hydroxylation sites is 1. The molecule has 3 aromatic rings. The lowest BCUT2D eigenvalue weighted by Crippen LogP contribution is -2.37. The molecule has 0 N–H and O–H groups in total. The van der Waals surface area contributed by atoms with E-state index < -0.39 is 0 Å². The third-order valence-electron chi connectivity index (χ3n) is 7.01. The van der Waals surface area contributed by atoms with Crippen molar-refractivity contribution in [1.82, 2.24) is 29.7 Å². The van der Waals surface area contributed by atoms with Crippen LogP contribution in [0.15, 0.2) is 22.7 Å². The number of benzene rings is 1. The van der Waals surface area contributed by atoms with Gasteiger partial charge in [-0.1, -0.05) is 26.0 Å². The van der Waals surface area contributed by atoms with Crippen LogP contribution in [0.5, 0.6) is 0 Å². The van der Waals surface area contributed by atoms with Crippen LogP contribution in [-0.4, -0.2) is 75.3 Å². The van der Waals surface area contributed by atoms with Gasteiger partial charge in [0.1, 0.15) is 17.6 Å². The smallest absolute Gasteiger partial charge is 0.291 e. The Morgan fingerprint density at radius 2 is 1.94 bits per heavy atom. The molecule has 0 spiro atoms. The molecule has 4 heterocycles. The quantitative estimate of drug-likeness (QED) is 0.466. The Morgan fingerprint density at radius 3 is 2.68 bits per heavy atom. The van der Waals surface area contributed by atoms with Crippen molar-refractivity contribution in [2.24, 2.45) is 5.92 Å². The Kier molecular flexibility index (Phi) is 7.64. The lowest BCUT2D eigenvalue weighted by Gasteiger charge is -2.32. The first-order chi connectivity index (χ1) is 16.0. The Bertz CT molecular complexity index is 1120. The zero-order valence-corrected chi connectivity index (χ0v) is 20.5. The maximum atomic E-state index is 14.7. The van der Waals surface area contributed by atoms with Crippen LogP contribution in [0.25, 0.3) is 16.9 Å². The van der Waals surface area contributed by atoms with Gasteiger partial charge in [0.15, 0.2) is 0 Å². The van der Waals surface area contributed by atoms with Crippen molar-refractivity contribution in [1.29, 1.82) is 0 Å². The molecule has 0 aliphatic carbocycles. The van der Waals surface area contributed by atoms with E-state index in [1.165, 1.54) is 10.7 Å². The van der Waals surface area contributed by atoms with Crippen molar-refractivity contribution in [2.75, 3.05) is 39.3 Å². The molecule has 34 heavy (non-hydrogen) atoms. The number of aldehydes is 1. The molecular formula is C24H32ClFN6O2. The largest absolute Gasteiger partial charge is 0.337 e. The molecule has 10 heteroatoms. The van der Waals surface area contributed by atoms with Crippen LogP contribution >= 0.6 is 12.4 Å². The van der Waals surface area contributed by atoms with Crippen molar-refractivity contribution in [3.05, 3.63) is 35.6 Å². The summed E-state index contributed by atoms with van der Waals surface area (Å²) in [5, 5.41) is 9.56. The highest BCUT2D eigenvalue weighted by atomic mass is 35.5. The molecule has 2 saturated heterocycles. The van der Waals surface area contributed by atoms with Crippen LogP contribution in [0.2, 0.25) is 0 Å². The molecule has 2 aromatic heterocycles. The van der Waals surface area contributed by atoms with E-state index in [4.69, 9.17) is 4.52 Å². The van der Waals surface area contributed by atoms with E-state index in [9.17, 15) is 9.18 Å². The molecule has 1 atom stereocenters. The fourth-order valence-electron chi connectivity index (χ4n) is 5.26. The number of fused-ring (bicyclic) bond motifs is 1. The van der Waals surface area contributed by atoms with E-state index in [0.29, 0.717) is 23.9 Å². The second-order valence-corrected chi connectivity index (χ2v) is 9.68. The second-order valence-electron chi connectivity index (χ2n) is 9.68. The molecule has 184 valence electrons. The van der Waals surface area contributed by atoms with Crippen molar-refractivity contribution in [3.8, 4) is 5.95 Å². The fourth-order valence-corrected chi connectivity index (χ4v) is 5.26. The molecular weight excluding hydrogens is 459 g/mol. The average molecular weight is 491 g/mol. The summed E-state index contributed by atoms with van der Waals surface area (Å²) >= 11 is 0. The highest BCUT2D eigenvalue weighted by molar-refractivity contribution is 5.85. The summed E-state index contributed by atoms with van der Waals surface area (Å²) in [5.41, 5.74) is 1.21. The van der Waals surface area contributed by atoms with Crippen LogP contribution in [-0.2, 0) is 4.79 Å². The molecule has 0 radical (unpaired) electrons. The maximum Gasteiger partial charge on any atom is 0.291 e. The highest BCUT2D eigenvalue weighted by Crippen LogP contribution is 2.31. The van der Waals surface area contributed by atoms with Gasteiger partial charge in [-0.3, -0.25) is 4.90 Å². The first-order valence-corrected chi connectivity index (χ1v) is 11.9. The number of rotatable bonds is 7. The van der Waals surface area contributed by atoms with Crippen molar-refractivity contribution in [2.45, 2.75) is 44.9 Å². The van der Waals surface area contributed by atoms with Gasteiger partial charge in [-0.15, -0.1) is 12.4 Å². The number of hydrogen-bond donors (Lipinski definition) is 0. The predicted molar refractivity (Wildman–Crippen MR) is 129 cm³/mol. The molecule has 2 fully saturated rings. The number of aromatic nitrogens is 4. The van der Waals surface area contributed by atoms with Gasteiger partial charge in [0.05, 0.1) is 12.2 Å². The Labute approximate surface area is 204 Å². The van der Waals surface area contributed by atoms with Crippen molar-refractivity contribution < 1.29 is 13.7 Å². The van der Waals surface area contributed by atoms with E-state index in [1.54, 1.807) is 6.07 Å². The summed E-state index contributed by atoms with van der Waals surface area (Å²) < 4.78 is 21.8. The number of nitrogens with zero attached hydrogens (tertiary/aromatic N) is 6. The van der Waals surface area contributed by atoms with Crippen molar-refractivity contribution in [3.63, 3.8) is 0 Å². The fraction of sp³-hybridized carbons (Fsp3) is 0.583. The molecule has 0 saturated carbocycles. The van der Waals surface area contributed by atoms with Crippen LogP contribution in [0.4, 0.5) is 4.39 Å². The monoisotopic (exact) mass is 490 g/mol. The molecule has 0 amide bonds. The van der Waals surface area contributed by atoms with Crippen LogP contribution < -0.4 is 0 Å². The maximum absolute atomic E-state index is 14.7. The molecule has 2 aliphatic heterocycles. The number of piperidine rings is 1. The first kappa shape index (κ1) is 24.8. The zero-order chi connectivity index (χ0) is 22.9. The summed E-state index contributed by atoms with van der Waals surface area (Å²) in [6, 6.07) is 5.02. The minimum absolute atomic E-state index is 0. The molecule has 1 aromatic carbocycles. The summed E-state index contributed by atoms with van der Waals surface area (Å²) in [5.74, 6) is 1.54. The van der Waals surface area contributed by atoms with Gasteiger partial charge in [0, 0.05) is 24.4 Å². The van der Waals surface area contributed by atoms with E-state index >= 15 is 0 Å². The lowest BCUT2D eigenvalue weighted by molar-refractivity contribution is -0.108. The van der Waals surface area contributed by atoms with Gasteiger partial charge < -0.3 is 14.2 Å². The van der Waals surface area contributed by atoms with Crippen LogP contribution in [0.1, 0.15) is 56.5 Å². The van der Waals surface area contributed by atoms with Gasteiger partial charge >= 0.3 is 0 Å². The van der Waals surface area contributed by atoms with Gasteiger partial charge in [0.25, 0.3) is 5.95 Å². The second kappa shape index (κ2) is 10.5. The first-order valence-electron chi connectivity index (χ1n) is 11.9. The third kappa shape index (κ3) is 4.87. The minimum Gasteiger partial charge on any atom is -0.337 e. The molecule has 0 bridgehead atoms. The third-order valence-corrected chi connectivity index (χ3v) is 7.01. The average Bonchev–Trinajstić information content (AvgIpc) is 3.53. The van der Waals surface area contributed by atoms with Crippen LogP contribution in [0, 0.1) is 11.7 Å². The summed E-state index contributed by atoms with van der Waals surface area (Å²) in [7, 11) is 0. The van der Waals surface area contributed by atoms with Crippen molar-refractivity contribution >= 4 is 29.6 Å². The van der Waals surface area contributed by atoms with E-state index in [1.807, 2.05) is 19.9 Å². The standard InChI is InChI=1S/C24H31FN6O2.ClH/c1-16(2)21-19-4-3-5-20(25)22(19)31(27-21)24-26-23(33-28-24)18-7-10-29(11-8-18)14-17-6-9-30(15-17)12-13-32;/h3-5,13,16-18H,6-12,14-15H2,1-2H3;1H/t17-;/m1./s1. The number of hydrogen-bond acceptors (Lipinski definition) is 7.